The lowest BCUT2D eigenvalue weighted by Crippen LogP contribution is -2.45. The van der Waals surface area contributed by atoms with E-state index in [4.69, 9.17) is 16.7 Å². The van der Waals surface area contributed by atoms with E-state index in [-0.39, 0.29) is 23.7 Å². The van der Waals surface area contributed by atoms with Crippen LogP contribution >= 0.6 is 11.6 Å². The van der Waals surface area contributed by atoms with Gasteiger partial charge in [0.2, 0.25) is 0 Å². The number of aliphatic hydroxyl groups is 1. The second-order valence-electron chi connectivity index (χ2n) is 4.15. The molecule has 0 aliphatic heterocycles. The van der Waals surface area contributed by atoms with Gasteiger partial charge in [-0.05, 0) is 31.4 Å². The van der Waals surface area contributed by atoms with Crippen molar-refractivity contribution in [2.45, 2.75) is 25.3 Å². The molecule has 1 amide bonds. The van der Waals surface area contributed by atoms with Gasteiger partial charge in [0, 0.05) is 18.8 Å². The number of halogens is 1. The molecule has 0 aromatic carbocycles. The van der Waals surface area contributed by atoms with Crippen molar-refractivity contribution in [1.82, 2.24) is 9.88 Å². The molecule has 5 heteroatoms. The first-order valence-corrected chi connectivity index (χ1v) is 6.14. The predicted molar refractivity (Wildman–Crippen MR) is 65.0 cm³/mol. The van der Waals surface area contributed by atoms with Gasteiger partial charge in [0.25, 0.3) is 5.91 Å². The Bertz CT molecular complexity index is 407. The summed E-state index contributed by atoms with van der Waals surface area (Å²) in [7, 11) is 0. The van der Waals surface area contributed by atoms with Crippen LogP contribution in [0.1, 0.15) is 29.6 Å². The number of hydrogen-bond acceptors (Lipinski definition) is 3. The van der Waals surface area contributed by atoms with Crippen LogP contribution in [-0.2, 0) is 0 Å². The molecule has 2 rings (SSSR count). The monoisotopic (exact) mass is 254 g/mol. The minimum Gasteiger partial charge on any atom is -0.395 e. The number of carbonyl (C=O) groups excluding carboxylic acids is 1. The van der Waals surface area contributed by atoms with E-state index in [0.29, 0.717) is 12.1 Å². The molecule has 0 atom stereocenters. The topological polar surface area (TPSA) is 53.4 Å². The first-order valence-electron chi connectivity index (χ1n) is 5.76. The van der Waals surface area contributed by atoms with Crippen LogP contribution in [0.3, 0.4) is 0 Å². The third-order valence-electron chi connectivity index (χ3n) is 3.11. The normalized spacial score (nSPS) is 15.4. The zero-order valence-corrected chi connectivity index (χ0v) is 10.2. The van der Waals surface area contributed by atoms with Gasteiger partial charge >= 0.3 is 0 Å². The van der Waals surface area contributed by atoms with Crippen molar-refractivity contribution in [2.24, 2.45) is 0 Å². The fraction of sp³-hybridized carbons (Fsp3) is 0.500. The first kappa shape index (κ1) is 12.3. The van der Waals surface area contributed by atoms with Gasteiger partial charge in [-0.3, -0.25) is 4.79 Å². The van der Waals surface area contributed by atoms with Gasteiger partial charge in [0.1, 0.15) is 5.15 Å². The number of hydrogen-bond donors (Lipinski definition) is 1. The average Bonchev–Trinajstić information content (AvgIpc) is 2.26. The summed E-state index contributed by atoms with van der Waals surface area (Å²) < 4.78 is 0. The van der Waals surface area contributed by atoms with E-state index in [2.05, 4.69) is 4.98 Å². The molecule has 1 saturated carbocycles. The number of nitrogens with zero attached hydrogens (tertiary/aromatic N) is 2. The van der Waals surface area contributed by atoms with Crippen LogP contribution in [0.15, 0.2) is 18.3 Å². The molecule has 0 bridgehead atoms. The Hall–Kier alpha value is -1.13. The smallest absolute Gasteiger partial charge is 0.257 e. The van der Waals surface area contributed by atoms with Crippen molar-refractivity contribution < 1.29 is 9.90 Å². The summed E-state index contributed by atoms with van der Waals surface area (Å²) in [4.78, 5) is 17.9. The van der Waals surface area contributed by atoms with Gasteiger partial charge in [-0.25, -0.2) is 4.98 Å². The van der Waals surface area contributed by atoms with Gasteiger partial charge < -0.3 is 10.0 Å². The molecule has 1 N–H and O–H groups in total. The lowest BCUT2D eigenvalue weighted by Gasteiger charge is -2.37. The maximum Gasteiger partial charge on any atom is 0.257 e. The van der Waals surface area contributed by atoms with E-state index >= 15 is 0 Å². The highest BCUT2D eigenvalue weighted by Gasteiger charge is 2.29. The highest BCUT2D eigenvalue weighted by molar-refractivity contribution is 6.32. The summed E-state index contributed by atoms with van der Waals surface area (Å²) >= 11 is 5.91. The van der Waals surface area contributed by atoms with E-state index < -0.39 is 0 Å². The van der Waals surface area contributed by atoms with Crippen LogP contribution in [0.5, 0.6) is 0 Å². The minimum atomic E-state index is -0.137. The fourth-order valence-electron chi connectivity index (χ4n) is 1.96. The zero-order valence-electron chi connectivity index (χ0n) is 9.47. The molecule has 1 aliphatic rings. The molecular formula is C12H15ClN2O2. The van der Waals surface area contributed by atoms with Crippen LogP contribution in [0, 0.1) is 0 Å². The Morgan fingerprint density at radius 2 is 2.35 bits per heavy atom. The molecule has 0 unspecified atom stereocenters. The second-order valence-corrected chi connectivity index (χ2v) is 4.51. The summed E-state index contributed by atoms with van der Waals surface area (Å²) in [6, 6.07) is 3.60. The quantitative estimate of drug-likeness (QED) is 0.833. The van der Waals surface area contributed by atoms with Crippen LogP contribution in [0.25, 0.3) is 0 Å². The van der Waals surface area contributed by atoms with Crippen molar-refractivity contribution in [1.29, 1.82) is 0 Å². The third kappa shape index (κ3) is 2.58. The van der Waals surface area contributed by atoms with Gasteiger partial charge in [-0.15, -0.1) is 0 Å². The highest BCUT2D eigenvalue weighted by atomic mass is 35.5. The van der Waals surface area contributed by atoms with Crippen LogP contribution in [-0.4, -0.2) is 40.1 Å². The molecular weight excluding hydrogens is 240 g/mol. The molecule has 1 aromatic heterocycles. The van der Waals surface area contributed by atoms with E-state index in [1.54, 1.807) is 23.2 Å². The molecule has 1 aromatic rings. The Labute approximate surface area is 105 Å². The fourth-order valence-corrected chi connectivity index (χ4v) is 2.16. The lowest BCUT2D eigenvalue weighted by atomic mass is 9.91. The molecule has 0 saturated heterocycles. The van der Waals surface area contributed by atoms with Crippen LogP contribution < -0.4 is 0 Å². The molecule has 1 heterocycles. The summed E-state index contributed by atoms with van der Waals surface area (Å²) in [6.45, 7) is 0.328. The molecule has 0 radical (unpaired) electrons. The SMILES string of the molecule is O=C(c1cccnc1Cl)N(CCO)C1CCC1. The number of amides is 1. The standard InChI is InChI=1S/C12H15ClN2O2/c13-11-10(5-2-6-14-11)12(17)15(7-8-16)9-3-1-4-9/h2,5-6,9,16H,1,3-4,7-8H2. The van der Waals surface area contributed by atoms with E-state index in [1.807, 2.05) is 0 Å². The number of pyridine rings is 1. The minimum absolute atomic E-state index is 0.0277. The van der Waals surface area contributed by atoms with Gasteiger partial charge in [-0.2, -0.15) is 0 Å². The first-order chi connectivity index (χ1) is 8.24. The lowest BCUT2D eigenvalue weighted by molar-refractivity contribution is 0.0525. The van der Waals surface area contributed by atoms with E-state index in [1.165, 1.54) is 0 Å². The Balaban J connectivity index is 2.18. The van der Waals surface area contributed by atoms with E-state index in [0.717, 1.165) is 19.3 Å². The van der Waals surface area contributed by atoms with Crippen molar-refractivity contribution in [3.63, 3.8) is 0 Å². The van der Waals surface area contributed by atoms with Gasteiger partial charge in [0.05, 0.1) is 12.2 Å². The van der Waals surface area contributed by atoms with Gasteiger partial charge in [0.15, 0.2) is 0 Å². The molecule has 92 valence electrons. The summed E-state index contributed by atoms with van der Waals surface area (Å²) in [5, 5.41) is 9.25. The van der Waals surface area contributed by atoms with Crippen molar-refractivity contribution in [3.05, 3.63) is 29.0 Å². The van der Waals surface area contributed by atoms with Crippen LogP contribution in [0.4, 0.5) is 0 Å². The molecule has 17 heavy (non-hydrogen) atoms. The predicted octanol–water partition coefficient (Wildman–Crippen LogP) is 1.72. The van der Waals surface area contributed by atoms with Crippen LogP contribution in [0.2, 0.25) is 5.15 Å². The molecule has 0 spiro atoms. The Kier molecular flexibility index (Phi) is 3.97. The third-order valence-corrected chi connectivity index (χ3v) is 3.41. The maximum atomic E-state index is 12.3. The number of carbonyl (C=O) groups is 1. The molecule has 1 aliphatic carbocycles. The molecule has 1 fully saturated rings. The number of rotatable bonds is 4. The summed E-state index contributed by atoms with van der Waals surface area (Å²) in [6.07, 6.45) is 4.70. The maximum absolute atomic E-state index is 12.3. The van der Waals surface area contributed by atoms with E-state index in [9.17, 15) is 4.79 Å². The van der Waals surface area contributed by atoms with Gasteiger partial charge in [-0.1, -0.05) is 11.6 Å². The number of aromatic nitrogens is 1. The second kappa shape index (κ2) is 5.47. The zero-order chi connectivity index (χ0) is 12.3. The largest absolute Gasteiger partial charge is 0.395 e. The molecule has 4 nitrogen and oxygen atoms in total. The number of aliphatic hydroxyl groups excluding tert-OH is 1. The van der Waals surface area contributed by atoms with Crippen molar-refractivity contribution in [2.75, 3.05) is 13.2 Å². The Morgan fingerprint density at radius 3 is 2.88 bits per heavy atom. The summed E-state index contributed by atoms with van der Waals surface area (Å²) in [5.41, 5.74) is 0.412. The Morgan fingerprint density at radius 1 is 1.59 bits per heavy atom. The summed E-state index contributed by atoms with van der Waals surface area (Å²) in [5.74, 6) is -0.137. The average molecular weight is 255 g/mol. The van der Waals surface area contributed by atoms with Crippen molar-refractivity contribution >= 4 is 17.5 Å². The highest BCUT2D eigenvalue weighted by Crippen LogP contribution is 2.27. The van der Waals surface area contributed by atoms with Crippen molar-refractivity contribution in [3.8, 4) is 0 Å².